The summed E-state index contributed by atoms with van der Waals surface area (Å²) in [6.45, 7) is 1.37. The predicted molar refractivity (Wildman–Crippen MR) is 68.7 cm³/mol. The van der Waals surface area contributed by atoms with Crippen molar-refractivity contribution in [1.29, 1.82) is 0 Å². The molecule has 1 aromatic carbocycles. The van der Waals surface area contributed by atoms with Crippen LogP contribution in [0.3, 0.4) is 0 Å². The molecule has 8 heteroatoms. The number of aliphatic hydroxyl groups is 1. The van der Waals surface area contributed by atoms with E-state index in [0.717, 1.165) is 12.1 Å². The minimum atomic E-state index is -4.16. The van der Waals surface area contributed by atoms with Gasteiger partial charge in [-0.25, -0.2) is 21.9 Å². The molecular weight excluding hydrogens is 292 g/mol. The SMILES string of the molecule is COCC[C@@](C)(O)CNS(=O)(=O)c1ccc(F)cc1F. The molecule has 114 valence electrons. The van der Waals surface area contributed by atoms with Crippen molar-refractivity contribution in [3.05, 3.63) is 29.8 Å². The standard InChI is InChI=1S/C12H17F2NO4S/c1-12(16,5-6-19-2)8-15-20(17,18)11-4-3-9(13)7-10(11)14/h3-4,7,15-16H,5-6,8H2,1-2H3/t12-/m1/s1. The number of hydrogen-bond donors (Lipinski definition) is 2. The number of halogens is 2. The molecule has 0 spiro atoms. The third-order valence-corrected chi connectivity index (χ3v) is 4.11. The van der Waals surface area contributed by atoms with Gasteiger partial charge in [0, 0.05) is 32.7 Å². The third-order valence-electron chi connectivity index (χ3n) is 2.67. The van der Waals surface area contributed by atoms with Crippen molar-refractivity contribution >= 4 is 10.0 Å². The van der Waals surface area contributed by atoms with Crippen LogP contribution in [0.5, 0.6) is 0 Å². The fraction of sp³-hybridized carbons (Fsp3) is 0.500. The van der Waals surface area contributed by atoms with Crippen LogP contribution < -0.4 is 4.72 Å². The largest absolute Gasteiger partial charge is 0.389 e. The first-order valence-corrected chi connectivity index (χ1v) is 7.32. The van der Waals surface area contributed by atoms with Crippen LogP contribution >= 0.6 is 0 Å². The minimum absolute atomic E-state index is 0.206. The Morgan fingerprint density at radius 3 is 2.60 bits per heavy atom. The van der Waals surface area contributed by atoms with E-state index in [1.165, 1.54) is 14.0 Å². The zero-order valence-electron chi connectivity index (χ0n) is 11.2. The van der Waals surface area contributed by atoms with Gasteiger partial charge in [-0.15, -0.1) is 0 Å². The first-order valence-electron chi connectivity index (χ1n) is 5.84. The number of hydrogen-bond acceptors (Lipinski definition) is 4. The Balaban J connectivity index is 2.80. The monoisotopic (exact) mass is 309 g/mol. The van der Waals surface area contributed by atoms with Gasteiger partial charge in [-0.2, -0.15) is 0 Å². The van der Waals surface area contributed by atoms with E-state index >= 15 is 0 Å². The van der Waals surface area contributed by atoms with Gasteiger partial charge >= 0.3 is 0 Å². The molecule has 0 unspecified atom stereocenters. The Bertz CT molecular complexity index is 561. The van der Waals surface area contributed by atoms with Gasteiger partial charge in [-0.1, -0.05) is 0 Å². The molecule has 0 amide bonds. The molecule has 5 nitrogen and oxygen atoms in total. The average molecular weight is 309 g/mol. The second kappa shape index (κ2) is 6.57. The first kappa shape index (κ1) is 17.0. The normalized spacial score (nSPS) is 15.1. The van der Waals surface area contributed by atoms with Gasteiger partial charge in [-0.3, -0.25) is 0 Å². The summed E-state index contributed by atoms with van der Waals surface area (Å²) in [6.07, 6.45) is 0.206. The molecule has 0 heterocycles. The fourth-order valence-electron chi connectivity index (χ4n) is 1.43. The molecule has 0 aromatic heterocycles. The number of rotatable bonds is 7. The number of nitrogens with one attached hydrogen (secondary N) is 1. The minimum Gasteiger partial charge on any atom is -0.389 e. The van der Waals surface area contributed by atoms with Gasteiger partial charge < -0.3 is 9.84 Å². The van der Waals surface area contributed by atoms with Crippen molar-refractivity contribution in [3.8, 4) is 0 Å². The predicted octanol–water partition coefficient (Wildman–Crippen LogP) is 1.03. The average Bonchev–Trinajstić information content (AvgIpc) is 2.34. The second-order valence-corrected chi connectivity index (χ2v) is 6.37. The maximum Gasteiger partial charge on any atom is 0.243 e. The van der Waals surface area contributed by atoms with Gasteiger partial charge in [0.15, 0.2) is 0 Å². The summed E-state index contributed by atoms with van der Waals surface area (Å²) < 4.78 is 56.8. The summed E-state index contributed by atoms with van der Waals surface area (Å²) in [5.41, 5.74) is -1.33. The quantitative estimate of drug-likeness (QED) is 0.789. The molecule has 0 bridgehead atoms. The second-order valence-electron chi connectivity index (χ2n) is 4.64. The zero-order valence-corrected chi connectivity index (χ0v) is 12.0. The molecule has 0 aliphatic rings. The molecule has 0 aliphatic carbocycles. The number of ether oxygens (including phenoxy) is 1. The van der Waals surface area contributed by atoms with E-state index in [1.54, 1.807) is 0 Å². The van der Waals surface area contributed by atoms with Crippen LogP contribution in [0.4, 0.5) is 8.78 Å². The molecule has 1 aromatic rings. The highest BCUT2D eigenvalue weighted by Gasteiger charge is 2.25. The van der Waals surface area contributed by atoms with E-state index < -0.39 is 32.2 Å². The lowest BCUT2D eigenvalue weighted by Gasteiger charge is -2.23. The maximum atomic E-state index is 13.4. The Morgan fingerprint density at radius 2 is 2.05 bits per heavy atom. The highest BCUT2D eigenvalue weighted by Crippen LogP contribution is 2.16. The van der Waals surface area contributed by atoms with Crippen molar-refractivity contribution in [2.45, 2.75) is 23.8 Å². The molecule has 1 atom stereocenters. The summed E-state index contributed by atoms with van der Waals surface area (Å²) in [5, 5.41) is 9.91. The molecule has 0 fully saturated rings. The van der Waals surface area contributed by atoms with Gasteiger partial charge in [0.25, 0.3) is 0 Å². The van der Waals surface area contributed by atoms with Gasteiger partial charge in [0.05, 0.1) is 5.60 Å². The fourth-order valence-corrected chi connectivity index (χ4v) is 2.65. The molecule has 2 N–H and O–H groups in total. The van der Waals surface area contributed by atoms with Crippen LogP contribution in [-0.2, 0) is 14.8 Å². The van der Waals surface area contributed by atoms with Crippen molar-refractivity contribution in [2.24, 2.45) is 0 Å². The molecular formula is C12H17F2NO4S. The molecule has 20 heavy (non-hydrogen) atoms. The maximum absolute atomic E-state index is 13.4. The van der Waals surface area contributed by atoms with E-state index in [4.69, 9.17) is 4.74 Å². The number of benzene rings is 1. The lowest BCUT2D eigenvalue weighted by molar-refractivity contribution is 0.0292. The summed E-state index contributed by atoms with van der Waals surface area (Å²) in [7, 11) is -2.71. The number of sulfonamides is 1. The van der Waals surface area contributed by atoms with Gasteiger partial charge in [0.2, 0.25) is 10.0 Å². The third kappa shape index (κ3) is 4.78. The van der Waals surface area contributed by atoms with Crippen LogP contribution in [0.2, 0.25) is 0 Å². The van der Waals surface area contributed by atoms with Gasteiger partial charge in [0.1, 0.15) is 16.5 Å². The molecule has 0 saturated heterocycles. The summed E-state index contributed by atoms with van der Waals surface area (Å²) >= 11 is 0. The Morgan fingerprint density at radius 1 is 1.40 bits per heavy atom. The summed E-state index contributed by atoms with van der Waals surface area (Å²) in [6, 6.07) is 2.16. The summed E-state index contributed by atoms with van der Waals surface area (Å²) in [4.78, 5) is -0.665. The Hall–Kier alpha value is -1.09. The van der Waals surface area contributed by atoms with E-state index in [2.05, 4.69) is 4.72 Å². The van der Waals surface area contributed by atoms with Crippen LogP contribution in [0.15, 0.2) is 23.1 Å². The van der Waals surface area contributed by atoms with E-state index in [0.29, 0.717) is 6.07 Å². The zero-order chi connectivity index (χ0) is 15.4. The van der Waals surface area contributed by atoms with Crippen LogP contribution in [0.1, 0.15) is 13.3 Å². The Kier molecular flexibility index (Phi) is 5.58. The lowest BCUT2D eigenvalue weighted by atomic mass is 10.0. The molecule has 0 saturated carbocycles. The van der Waals surface area contributed by atoms with Crippen LogP contribution in [-0.4, -0.2) is 39.4 Å². The highest BCUT2D eigenvalue weighted by molar-refractivity contribution is 7.89. The highest BCUT2D eigenvalue weighted by atomic mass is 32.2. The molecule has 0 radical (unpaired) electrons. The van der Waals surface area contributed by atoms with Gasteiger partial charge in [-0.05, 0) is 19.1 Å². The van der Waals surface area contributed by atoms with E-state index in [9.17, 15) is 22.3 Å². The smallest absolute Gasteiger partial charge is 0.243 e. The number of methoxy groups -OCH3 is 1. The van der Waals surface area contributed by atoms with E-state index in [-0.39, 0.29) is 19.6 Å². The Labute approximate surface area is 116 Å². The lowest BCUT2D eigenvalue weighted by Crippen LogP contribution is -2.41. The van der Waals surface area contributed by atoms with Crippen molar-refractivity contribution in [3.63, 3.8) is 0 Å². The van der Waals surface area contributed by atoms with Crippen molar-refractivity contribution in [2.75, 3.05) is 20.3 Å². The molecule has 1 rings (SSSR count). The van der Waals surface area contributed by atoms with Crippen molar-refractivity contribution in [1.82, 2.24) is 4.72 Å². The first-order chi connectivity index (χ1) is 9.18. The van der Waals surface area contributed by atoms with E-state index in [1.807, 2.05) is 0 Å². The molecule has 0 aliphatic heterocycles. The summed E-state index contributed by atoms with van der Waals surface area (Å²) in [5.74, 6) is -2.05. The topological polar surface area (TPSA) is 75.6 Å². The van der Waals surface area contributed by atoms with Crippen molar-refractivity contribution < 1.29 is 27.0 Å². The van der Waals surface area contributed by atoms with Crippen LogP contribution in [0.25, 0.3) is 0 Å². The van der Waals surface area contributed by atoms with Crippen LogP contribution in [0, 0.1) is 11.6 Å².